The number of carbonyl (C=O) groups is 1. The van der Waals surface area contributed by atoms with E-state index in [1.54, 1.807) is 42.5 Å². The van der Waals surface area contributed by atoms with Crippen LogP contribution in [0.4, 0.5) is 5.69 Å². The normalized spacial score (nSPS) is 11.2. The molecule has 2 N–H and O–H groups in total. The Labute approximate surface area is 148 Å². The van der Waals surface area contributed by atoms with Gasteiger partial charge in [-0.15, -0.1) is 0 Å². The van der Waals surface area contributed by atoms with Gasteiger partial charge < -0.3 is 10.1 Å². The molecule has 0 aliphatic heterocycles. The van der Waals surface area contributed by atoms with Crippen LogP contribution in [0.3, 0.4) is 0 Å². The third kappa shape index (κ3) is 4.73. The van der Waals surface area contributed by atoms with E-state index in [0.717, 1.165) is 0 Å². The van der Waals surface area contributed by atoms with Gasteiger partial charge in [0, 0.05) is 6.54 Å². The number of nitrogens with one attached hydrogen (secondary N) is 2. The van der Waals surface area contributed by atoms with Gasteiger partial charge in [0.05, 0.1) is 18.4 Å². The Morgan fingerprint density at radius 1 is 1.08 bits per heavy atom. The first-order chi connectivity index (χ1) is 11.8. The lowest BCUT2D eigenvalue weighted by Gasteiger charge is -2.15. The average molecular weight is 362 g/mol. The second-order valence-electron chi connectivity index (χ2n) is 5.91. The maximum absolute atomic E-state index is 12.7. The first-order valence-electron chi connectivity index (χ1n) is 7.88. The highest BCUT2D eigenvalue weighted by Crippen LogP contribution is 2.26. The fourth-order valence-corrected chi connectivity index (χ4v) is 3.45. The van der Waals surface area contributed by atoms with Crippen molar-refractivity contribution in [3.8, 4) is 5.75 Å². The van der Waals surface area contributed by atoms with E-state index in [4.69, 9.17) is 4.74 Å². The van der Waals surface area contributed by atoms with Crippen LogP contribution in [-0.2, 0) is 10.0 Å². The van der Waals surface area contributed by atoms with Crippen LogP contribution in [0.25, 0.3) is 0 Å². The summed E-state index contributed by atoms with van der Waals surface area (Å²) < 4.78 is 33.0. The predicted octanol–water partition coefficient (Wildman–Crippen LogP) is 2.88. The van der Waals surface area contributed by atoms with Gasteiger partial charge in [0.15, 0.2) is 0 Å². The molecule has 0 heterocycles. The Kier molecular flexibility index (Phi) is 6.03. The van der Waals surface area contributed by atoms with E-state index in [0.29, 0.717) is 12.5 Å². The van der Waals surface area contributed by atoms with Gasteiger partial charge >= 0.3 is 0 Å². The number of anilines is 1. The zero-order valence-electron chi connectivity index (χ0n) is 14.4. The van der Waals surface area contributed by atoms with E-state index in [1.165, 1.54) is 13.2 Å². The van der Waals surface area contributed by atoms with Crippen LogP contribution < -0.4 is 14.8 Å². The van der Waals surface area contributed by atoms with E-state index in [-0.39, 0.29) is 27.8 Å². The molecule has 0 fully saturated rings. The lowest BCUT2D eigenvalue weighted by atomic mass is 10.1. The molecular formula is C18H22N2O4S. The molecule has 2 aromatic carbocycles. The highest BCUT2D eigenvalue weighted by molar-refractivity contribution is 7.92. The molecule has 1 amide bonds. The lowest BCUT2D eigenvalue weighted by molar-refractivity contribution is 0.0950. The molecule has 0 unspecified atom stereocenters. The van der Waals surface area contributed by atoms with E-state index >= 15 is 0 Å². The van der Waals surface area contributed by atoms with Crippen molar-refractivity contribution in [2.75, 3.05) is 18.4 Å². The Hall–Kier alpha value is -2.54. The highest BCUT2D eigenvalue weighted by atomic mass is 32.2. The number of hydrogen-bond donors (Lipinski definition) is 2. The largest absolute Gasteiger partial charge is 0.495 e. The van der Waals surface area contributed by atoms with Crippen molar-refractivity contribution >= 4 is 21.6 Å². The van der Waals surface area contributed by atoms with Crippen molar-refractivity contribution in [3.63, 3.8) is 0 Å². The third-order valence-electron chi connectivity index (χ3n) is 3.45. The van der Waals surface area contributed by atoms with Crippen LogP contribution >= 0.6 is 0 Å². The van der Waals surface area contributed by atoms with Crippen molar-refractivity contribution in [2.45, 2.75) is 18.7 Å². The van der Waals surface area contributed by atoms with Gasteiger partial charge in [0.2, 0.25) is 0 Å². The summed E-state index contributed by atoms with van der Waals surface area (Å²) in [6, 6.07) is 12.8. The smallest absolute Gasteiger partial charge is 0.265 e. The molecule has 0 aliphatic rings. The van der Waals surface area contributed by atoms with E-state index in [9.17, 15) is 13.2 Å². The van der Waals surface area contributed by atoms with Gasteiger partial charge in [-0.05, 0) is 30.2 Å². The molecule has 7 heteroatoms. The fraction of sp³-hybridized carbons (Fsp3) is 0.278. The summed E-state index contributed by atoms with van der Waals surface area (Å²) in [4.78, 5) is 12.4. The van der Waals surface area contributed by atoms with Gasteiger partial charge in [-0.1, -0.05) is 38.1 Å². The van der Waals surface area contributed by atoms with Gasteiger partial charge in [0.25, 0.3) is 15.9 Å². The number of para-hydroxylation sites is 2. The highest BCUT2D eigenvalue weighted by Gasteiger charge is 2.21. The molecule has 0 aromatic heterocycles. The maximum atomic E-state index is 12.7. The Morgan fingerprint density at radius 2 is 1.72 bits per heavy atom. The first-order valence-corrected chi connectivity index (χ1v) is 9.36. The molecule has 134 valence electrons. The minimum Gasteiger partial charge on any atom is -0.495 e. The van der Waals surface area contributed by atoms with Crippen molar-refractivity contribution in [2.24, 2.45) is 5.92 Å². The first kappa shape index (κ1) is 18.8. The van der Waals surface area contributed by atoms with Crippen molar-refractivity contribution in [3.05, 3.63) is 54.1 Å². The summed E-state index contributed by atoms with van der Waals surface area (Å²) in [6.45, 7) is 4.47. The molecule has 0 radical (unpaired) electrons. The molecule has 0 spiro atoms. The summed E-state index contributed by atoms with van der Waals surface area (Å²) >= 11 is 0. The lowest BCUT2D eigenvalue weighted by Crippen LogP contribution is -2.28. The van der Waals surface area contributed by atoms with Crippen molar-refractivity contribution < 1.29 is 17.9 Å². The number of ether oxygens (including phenoxy) is 1. The molecule has 25 heavy (non-hydrogen) atoms. The van der Waals surface area contributed by atoms with Gasteiger partial charge in [-0.25, -0.2) is 8.42 Å². The van der Waals surface area contributed by atoms with Gasteiger partial charge in [-0.3, -0.25) is 9.52 Å². The zero-order valence-corrected chi connectivity index (χ0v) is 15.3. The number of methoxy groups -OCH3 is 1. The standard InChI is InChI=1S/C18H22N2O4S/c1-13(2)12-19-18(21)14-8-4-5-9-15(14)20-25(22,23)17-11-7-6-10-16(17)24-3/h4-11,13,20H,12H2,1-3H3,(H,19,21). The summed E-state index contributed by atoms with van der Waals surface area (Å²) in [5, 5.41) is 2.79. The van der Waals surface area contributed by atoms with E-state index in [2.05, 4.69) is 10.0 Å². The second kappa shape index (κ2) is 8.02. The maximum Gasteiger partial charge on any atom is 0.265 e. The number of hydrogen-bond acceptors (Lipinski definition) is 4. The molecule has 6 nitrogen and oxygen atoms in total. The third-order valence-corrected chi connectivity index (χ3v) is 4.85. The van der Waals surface area contributed by atoms with E-state index < -0.39 is 10.0 Å². The number of rotatable bonds is 7. The van der Waals surface area contributed by atoms with Crippen molar-refractivity contribution in [1.82, 2.24) is 5.32 Å². The monoisotopic (exact) mass is 362 g/mol. The summed E-state index contributed by atoms with van der Waals surface area (Å²) in [7, 11) is -2.49. The predicted molar refractivity (Wildman–Crippen MR) is 97.4 cm³/mol. The van der Waals surface area contributed by atoms with Gasteiger partial charge in [0.1, 0.15) is 10.6 Å². The minimum atomic E-state index is -3.90. The quantitative estimate of drug-likeness (QED) is 0.793. The minimum absolute atomic E-state index is 0.00916. The zero-order chi connectivity index (χ0) is 18.4. The molecule has 2 aromatic rings. The van der Waals surface area contributed by atoms with Crippen LogP contribution in [0.2, 0.25) is 0 Å². The van der Waals surface area contributed by atoms with Gasteiger partial charge in [-0.2, -0.15) is 0 Å². The van der Waals surface area contributed by atoms with Crippen LogP contribution in [0, 0.1) is 5.92 Å². The number of amides is 1. The average Bonchev–Trinajstić information content (AvgIpc) is 2.59. The molecule has 2 rings (SSSR count). The summed E-state index contributed by atoms with van der Waals surface area (Å²) in [5.41, 5.74) is 0.483. The Bertz CT molecular complexity index is 848. The molecule has 0 atom stereocenters. The van der Waals surface area contributed by atoms with Crippen molar-refractivity contribution in [1.29, 1.82) is 0 Å². The number of benzene rings is 2. The molecule has 0 aliphatic carbocycles. The Morgan fingerprint density at radius 3 is 2.40 bits per heavy atom. The van der Waals surface area contributed by atoms with Crippen LogP contribution in [0.15, 0.2) is 53.4 Å². The van der Waals surface area contributed by atoms with Crippen LogP contribution in [-0.4, -0.2) is 28.0 Å². The molecule has 0 saturated carbocycles. The van der Waals surface area contributed by atoms with Crippen LogP contribution in [0.5, 0.6) is 5.75 Å². The SMILES string of the molecule is COc1ccccc1S(=O)(=O)Nc1ccccc1C(=O)NCC(C)C. The fourth-order valence-electron chi connectivity index (χ4n) is 2.20. The van der Waals surface area contributed by atoms with E-state index in [1.807, 2.05) is 13.8 Å². The second-order valence-corrected chi connectivity index (χ2v) is 7.56. The molecule has 0 saturated heterocycles. The van der Waals surface area contributed by atoms with Crippen LogP contribution in [0.1, 0.15) is 24.2 Å². The summed E-state index contributed by atoms with van der Waals surface area (Å²) in [6.07, 6.45) is 0. The molecule has 0 bridgehead atoms. The number of carbonyl (C=O) groups excluding carboxylic acids is 1. The Balaban J connectivity index is 2.32. The molecular weight excluding hydrogens is 340 g/mol. The number of sulfonamides is 1. The topological polar surface area (TPSA) is 84.5 Å². The summed E-state index contributed by atoms with van der Waals surface area (Å²) in [5.74, 6) is 0.199.